The molecule has 1 aromatic carbocycles. The monoisotopic (exact) mass is 538 g/mol. The fraction of sp³-hybridized carbons (Fsp3) is 0.690. The molecule has 212 valence electrons. The molecule has 0 aromatic heterocycles. The molecule has 0 aliphatic rings. The number of carboxylic acids is 1. The molecule has 0 amide bonds. The maximum atomic E-state index is 10.9. The Morgan fingerprint density at radius 2 is 1.30 bits per heavy atom. The number of ether oxygens (including phenoxy) is 2. The molecule has 1 N–H and O–H groups in total. The summed E-state index contributed by atoms with van der Waals surface area (Å²) >= 11 is 0. The predicted octanol–water partition coefficient (Wildman–Crippen LogP) is 7.51. The zero-order chi connectivity index (χ0) is 27.2. The SMILES string of the molecule is CCCCCCOc1ccc(C=CC(=O)O)cc1OCCCCCCCC[Si](OCC)(OCC)OCC. The van der Waals surface area contributed by atoms with Crippen molar-refractivity contribution >= 4 is 20.8 Å². The third-order valence-corrected chi connectivity index (χ3v) is 9.02. The molecule has 0 aliphatic carbocycles. The van der Waals surface area contributed by atoms with E-state index in [9.17, 15) is 4.79 Å². The maximum Gasteiger partial charge on any atom is 0.500 e. The van der Waals surface area contributed by atoms with Gasteiger partial charge in [-0.25, -0.2) is 4.79 Å². The molecule has 8 heteroatoms. The van der Waals surface area contributed by atoms with E-state index in [1.807, 2.05) is 39.0 Å². The van der Waals surface area contributed by atoms with Gasteiger partial charge in [-0.2, -0.15) is 0 Å². The van der Waals surface area contributed by atoms with Gasteiger partial charge in [-0.05, 0) is 63.8 Å². The lowest BCUT2D eigenvalue weighted by Crippen LogP contribution is -2.45. The first kappa shape index (κ1) is 33.2. The summed E-state index contributed by atoms with van der Waals surface area (Å²) in [4.78, 5) is 10.9. The number of aliphatic carboxylic acids is 1. The van der Waals surface area contributed by atoms with Crippen molar-refractivity contribution in [1.82, 2.24) is 0 Å². The second-order valence-electron chi connectivity index (χ2n) is 8.99. The van der Waals surface area contributed by atoms with Gasteiger partial charge >= 0.3 is 14.8 Å². The average molecular weight is 539 g/mol. The minimum atomic E-state index is -2.52. The van der Waals surface area contributed by atoms with Crippen LogP contribution < -0.4 is 9.47 Å². The van der Waals surface area contributed by atoms with Gasteiger partial charge in [-0.3, -0.25) is 0 Å². The normalized spacial score (nSPS) is 11.8. The predicted molar refractivity (Wildman–Crippen MR) is 151 cm³/mol. The van der Waals surface area contributed by atoms with Gasteiger partial charge in [0.1, 0.15) is 0 Å². The number of hydrogen-bond donors (Lipinski definition) is 1. The Morgan fingerprint density at radius 3 is 1.86 bits per heavy atom. The van der Waals surface area contributed by atoms with Crippen LogP contribution in [0.3, 0.4) is 0 Å². The third-order valence-electron chi connectivity index (χ3n) is 5.87. The van der Waals surface area contributed by atoms with Crippen molar-refractivity contribution in [1.29, 1.82) is 0 Å². The van der Waals surface area contributed by atoms with Crippen LogP contribution in [0.1, 0.15) is 97.5 Å². The first-order valence-electron chi connectivity index (χ1n) is 14.2. The minimum absolute atomic E-state index is 0.605. The molecular weight excluding hydrogens is 488 g/mol. The fourth-order valence-electron chi connectivity index (χ4n) is 4.07. The fourth-order valence-corrected chi connectivity index (χ4v) is 6.76. The molecule has 7 nitrogen and oxygen atoms in total. The maximum absolute atomic E-state index is 10.9. The number of carbonyl (C=O) groups is 1. The lowest BCUT2D eigenvalue weighted by molar-refractivity contribution is -0.131. The Bertz CT molecular complexity index is 737. The van der Waals surface area contributed by atoms with Gasteiger partial charge in [-0.15, -0.1) is 0 Å². The van der Waals surface area contributed by atoms with E-state index in [0.717, 1.165) is 74.8 Å². The molecule has 0 spiro atoms. The summed E-state index contributed by atoms with van der Waals surface area (Å²) in [6.07, 6.45) is 13.8. The van der Waals surface area contributed by atoms with E-state index in [1.54, 1.807) is 6.08 Å². The van der Waals surface area contributed by atoms with Crippen molar-refractivity contribution in [2.45, 2.75) is 97.9 Å². The largest absolute Gasteiger partial charge is 0.500 e. The van der Waals surface area contributed by atoms with Crippen molar-refractivity contribution in [2.24, 2.45) is 0 Å². The standard InChI is InChI=1S/C29H50O7Si/c1-5-9-10-15-22-32-27-20-18-26(19-21-29(30)31)25-28(27)33-23-16-13-11-12-14-17-24-37(34-6-2,35-7-3)36-8-4/h18-21,25H,5-17,22-24H2,1-4H3,(H,30,31). The van der Waals surface area contributed by atoms with Crippen molar-refractivity contribution < 1.29 is 32.7 Å². The molecule has 0 heterocycles. The van der Waals surface area contributed by atoms with E-state index in [-0.39, 0.29) is 0 Å². The van der Waals surface area contributed by atoms with E-state index < -0.39 is 14.8 Å². The molecule has 0 aliphatic heterocycles. The third kappa shape index (κ3) is 15.2. The molecule has 1 rings (SSSR count). The zero-order valence-corrected chi connectivity index (χ0v) is 24.6. The van der Waals surface area contributed by atoms with E-state index in [0.29, 0.717) is 38.8 Å². The molecule has 0 bridgehead atoms. The molecule has 0 saturated carbocycles. The lowest BCUT2D eigenvalue weighted by Gasteiger charge is -2.28. The highest BCUT2D eigenvalue weighted by Gasteiger charge is 2.39. The summed E-state index contributed by atoms with van der Waals surface area (Å²) in [7, 11) is -2.52. The zero-order valence-electron chi connectivity index (χ0n) is 23.6. The summed E-state index contributed by atoms with van der Waals surface area (Å²) in [5, 5.41) is 8.92. The van der Waals surface area contributed by atoms with Crippen molar-refractivity contribution in [3.8, 4) is 11.5 Å². The average Bonchev–Trinajstić information content (AvgIpc) is 2.87. The molecule has 0 saturated heterocycles. The van der Waals surface area contributed by atoms with Gasteiger partial charge in [0, 0.05) is 31.9 Å². The summed E-state index contributed by atoms with van der Waals surface area (Å²) in [5.41, 5.74) is 0.779. The van der Waals surface area contributed by atoms with Crippen LogP contribution in [0.15, 0.2) is 24.3 Å². The quantitative estimate of drug-likeness (QED) is 0.0828. The van der Waals surface area contributed by atoms with Crippen LogP contribution in [0.25, 0.3) is 6.08 Å². The summed E-state index contributed by atoms with van der Waals surface area (Å²) in [5.74, 6) is 0.419. The molecule has 0 fully saturated rings. The first-order chi connectivity index (χ1) is 18.0. The van der Waals surface area contributed by atoms with Crippen LogP contribution in [0, 0.1) is 0 Å². The van der Waals surface area contributed by atoms with E-state index >= 15 is 0 Å². The Balaban J connectivity index is 2.43. The van der Waals surface area contributed by atoms with E-state index in [4.69, 9.17) is 27.9 Å². The van der Waals surface area contributed by atoms with Crippen LogP contribution in [0.5, 0.6) is 11.5 Å². The summed E-state index contributed by atoms with van der Waals surface area (Å²) in [6.45, 7) is 11.3. The highest BCUT2D eigenvalue weighted by molar-refractivity contribution is 6.60. The van der Waals surface area contributed by atoms with E-state index in [2.05, 4.69) is 6.92 Å². The number of rotatable bonds is 24. The van der Waals surface area contributed by atoms with Crippen molar-refractivity contribution in [3.63, 3.8) is 0 Å². The highest BCUT2D eigenvalue weighted by Crippen LogP contribution is 2.30. The van der Waals surface area contributed by atoms with Gasteiger partial charge in [0.05, 0.1) is 13.2 Å². The smallest absolute Gasteiger partial charge is 0.490 e. The van der Waals surface area contributed by atoms with Gasteiger partial charge in [-0.1, -0.05) is 57.9 Å². The van der Waals surface area contributed by atoms with Crippen LogP contribution in [0.4, 0.5) is 0 Å². The summed E-state index contributed by atoms with van der Waals surface area (Å²) in [6, 6.07) is 6.45. The van der Waals surface area contributed by atoms with Crippen LogP contribution in [0.2, 0.25) is 6.04 Å². The molecule has 0 atom stereocenters. The molecular formula is C29H50O7Si. The Labute approximate surface area is 225 Å². The molecule has 0 unspecified atom stereocenters. The highest BCUT2D eigenvalue weighted by atomic mass is 28.4. The molecule has 37 heavy (non-hydrogen) atoms. The van der Waals surface area contributed by atoms with Crippen LogP contribution in [-0.2, 0) is 18.1 Å². The van der Waals surface area contributed by atoms with Gasteiger partial charge in [0.25, 0.3) is 0 Å². The molecule has 1 aromatic rings. The number of carboxylic acid groups (broad SMARTS) is 1. The van der Waals surface area contributed by atoms with Crippen molar-refractivity contribution in [3.05, 3.63) is 29.8 Å². The second-order valence-corrected chi connectivity index (χ2v) is 11.7. The number of unbranched alkanes of at least 4 members (excludes halogenated alkanes) is 8. The minimum Gasteiger partial charge on any atom is -0.490 e. The number of benzene rings is 1. The Morgan fingerprint density at radius 1 is 0.757 bits per heavy atom. The van der Waals surface area contributed by atoms with Crippen LogP contribution >= 0.6 is 0 Å². The van der Waals surface area contributed by atoms with Gasteiger partial charge < -0.3 is 27.9 Å². The van der Waals surface area contributed by atoms with E-state index in [1.165, 1.54) is 12.8 Å². The second kappa shape index (κ2) is 21.1. The Hall–Kier alpha value is -1.87. The molecule has 0 radical (unpaired) electrons. The van der Waals surface area contributed by atoms with Crippen molar-refractivity contribution in [2.75, 3.05) is 33.0 Å². The summed E-state index contributed by atoms with van der Waals surface area (Å²) < 4.78 is 29.8. The van der Waals surface area contributed by atoms with Crippen LogP contribution in [-0.4, -0.2) is 52.9 Å². The topological polar surface area (TPSA) is 83.5 Å². The van der Waals surface area contributed by atoms with Gasteiger partial charge in [0.15, 0.2) is 11.5 Å². The first-order valence-corrected chi connectivity index (χ1v) is 16.2. The Kier molecular flexibility index (Phi) is 18.9. The lowest BCUT2D eigenvalue weighted by atomic mass is 10.1. The van der Waals surface area contributed by atoms with Gasteiger partial charge in [0.2, 0.25) is 0 Å². The number of hydrogen-bond acceptors (Lipinski definition) is 6.